The number of hydrogen-bond acceptors (Lipinski definition) is 3. The number of halogens is 1. The maximum Gasteiger partial charge on any atom is 0.225 e. The molecule has 2 rings (SSSR count). The Morgan fingerprint density at radius 2 is 2.05 bits per heavy atom. The van der Waals surface area contributed by atoms with E-state index in [1.54, 1.807) is 37.3 Å². The van der Waals surface area contributed by atoms with Gasteiger partial charge in [0.15, 0.2) is 0 Å². The molecule has 0 radical (unpaired) electrons. The van der Waals surface area contributed by atoms with Gasteiger partial charge in [0.25, 0.3) is 0 Å². The zero-order valence-corrected chi connectivity index (χ0v) is 10.5. The average molecular weight is 259 g/mol. The molecule has 98 valence electrons. The van der Waals surface area contributed by atoms with Crippen molar-refractivity contribution in [2.45, 2.75) is 13.5 Å². The number of hydrogen-bond donors (Lipinski definition) is 2. The van der Waals surface area contributed by atoms with Gasteiger partial charge in [0.1, 0.15) is 18.3 Å². The molecule has 0 saturated carbocycles. The third-order valence-electron chi connectivity index (χ3n) is 2.61. The quantitative estimate of drug-likeness (QED) is 0.654. The molecule has 0 bridgehead atoms. The fraction of sp³-hybridized carbons (Fsp3) is 0.143. The Morgan fingerprint density at radius 1 is 1.32 bits per heavy atom. The van der Waals surface area contributed by atoms with Crippen LogP contribution in [-0.2, 0) is 6.61 Å². The van der Waals surface area contributed by atoms with E-state index in [0.717, 1.165) is 5.69 Å². The second-order valence-corrected chi connectivity index (χ2v) is 4.10. The van der Waals surface area contributed by atoms with E-state index < -0.39 is 0 Å². The number of amidine groups is 1. The van der Waals surface area contributed by atoms with Crippen LogP contribution < -0.4 is 10.5 Å². The van der Waals surface area contributed by atoms with Gasteiger partial charge in [-0.15, -0.1) is 0 Å². The van der Waals surface area contributed by atoms with Crippen LogP contribution in [0, 0.1) is 18.2 Å². The molecule has 4 nitrogen and oxygen atoms in total. The van der Waals surface area contributed by atoms with Crippen LogP contribution in [0.5, 0.6) is 5.88 Å². The first-order valence-electron chi connectivity index (χ1n) is 5.76. The summed E-state index contributed by atoms with van der Waals surface area (Å²) in [6, 6.07) is 9.77. The van der Waals surface area contributed by atoms with Gasteiger partial charge in [0, 0.05) is 11.3 Å². The van der Waals surface area contributed by atoms with Crippen molar-refractivity contribution in [1.29, 1.82) is 5.41 Å². The molecule has 0 aliphatic heterocycles. The summed E-state index contributed by atoms with van der Waals surface area (Å²) in [5, 5.41) is 7.46. The highest BCUT2D eigenvalue weighted by Gasteiger charge is 2.10. The molecule has 0 unspecified atom stereocenters. The number of aryl methyl sites for hydroxylation is 1. The van der Waals surface area contributed by atoms with Crippen LogP contribution in [0.3, 0.4) is 0 Å². The first kappa shape index (κ1) is 13.0. The summed E-state index contributed by atoms with van der Waals surface area (Å²) in [5.41, 5.74) is 7.03. The van der Waals surface area contributed by atoms with E-state index in [0.29, 0.717) is 11.1 Å². The minimum absolute atomic E-state index is 0.0450. The van der Waals surface area contributed by atoms with Crippen LogP contribution in [0.25, 0.3) is 0 Å². The highest BCUT2D eigenvalue weighted by atomic mass is 19.1. The maximum absolute atomic E-state index is 13.5. The van der Waals surface area contributed by atoms with Gasteiger partial charge in [-0.2, -0.15) is 0 Å². The first-order chi connectivity index (χ1) is 9.08. The van der Waals surface area contributed by atoms with Gasteiger partial charge in [-0.25, -0.2) is 9.37 Å². The van der Waals surface area contributed by atoms with Crippen molar-refractivity contribution in [1.82, 2.24) is 4.98 Å². The topological polar surface area (TPSA) is 72.0 Å². The lowest BCUT2D eigenvalue weighted by Crippen LogP contribution is -2.14. The third kappa shape index (κ3) is 3.07. The summed E-state index contributed by atoms with van der Waals surface area (Å²) in [5.74, 6) is -0.216. The van der Waals surface area contributed by atoms with Crippen molar-refractivity contribution in [2.24, 2.45) is 5.73 Å². The number of nitrogens with one attached hydrogen (secondary N) is 1. The Balaban J connectivity index is 2.22. The number of pyridine rings is 1. The summed E-state index contributed by atoms with van der Waals surface area (Å²) in [6.07, 6.45) is 0. The number of aromatic nitrogens is 1. The molecular formula is C14H14FN3O. The molecule has 1 aromatic heterocycles. The predicted molar refractivity (Wildman–Crippen MR) is 70.7 cm³/mol. The highest BCUT2D eigenvalue weighted by molar-refractivity contribution is 5.97. The number of rotatable bonds is 4. The minimum Gasteiger partial charge on any atom is -0.472 e. The van der Waals surface area contributed by atoms with Crippen molar-refractivity contribution in [3.8, 4) is 5.88 Å². The predicted octanol–water partition coefficient (Wildman–Crippen LogP) is 2.39. The molecule has 0 fully saturated rings. The molecular weight excluding hydrogens is 245 g/mol. The SMILES string of the molecule is Cc1ccc(C(=N)N)c(OCc2ccccc2F)n1. The van der Waals surface area contributed by atoms with E-state index >= 15 is 0 Å². The molecule has 0 atom stereocenters. The Kier molecular flexibility index (Phi) is 3.75. The van der Waals surface area contributed by atoms with E-state index in [1.165, 1.54) is 6.07 Å². The van der Waals surface area contributed by atoms with E-state index in [9.17, 15) is 4.39 Å². The molecule has 19 heavy (non-hydrogen) atoms. The Morgan fingerprint density at radius 3 is 2.74 bits per heavy atom. The van der Waals surface area contributed by atoms with Crippen molar-refractivity contribution >= 4 is 5.84 Å². The lowest BCUT2D eigenvalue weighted by molar-refractivity contribution is 0.287. The summed E-state index contributed by atoms with van der Waals surface area (Å²) in [6.45, 7) is 1.85. The van der Waals surface area contributed by atoms with Gasteiger partial charge in [0.2, 0.25) is 5.88 Å². The molecule has 0 aliphatic rings. The molecule has 5 heteroatoms. The first-order valence-corrected chi connectivity index (χ1v) is 5.76. The van der Waals surface area contributed by atoms with Crippen LogP contribution in [0.2, 0.25) is 0 Å². The Hall–Kier alpha value is -2.43. The minimum atomic E-state index is -0.334. The molecule has 0 amide bonds. The van der Waals surface area contributed by atoms with E-state index in [1.807, 2.05) is 0 Å². The number of nitrogens with zero attached hydrogens (tertiary/aromatic N) is 1. The van der Waals surface area contributed by atoms with Crippen molar-refractivity contribution in [3.05, 3.63) is 59.0 Å². The van der Waals surface area contributed by atoms with Gasteiger partial charge >= 0.3 is 0 Å². The number of nitrogen functional groups attached to an aromatic ring is 1. The normalized spacial score (nSPS) is 10.2. The van der Waals surface area contributed by atoms with E-state index in [2.05, 4.69) is 4.98 Å². The van der Waals surface area contributed by atoms with Gasteiger partial charge in [-0.1, -0.05) is 18.2 Å². The van der Waals surface area contributed by atoms with E-state index in [-0.39, 0.29) is 24.1 Å². The van der Waals surface area contributed by atoms with Crippen molar-refractivity contribution in [2.75, 3.05) is 0 Å². The molecule has 0 saturated heterocycles. The lowest BCUT2D eigenvalue weighted by Gasteiger charge is -2.10. The lowest BCUT2D eigenvalue weighted by atomic mass is 10.2. The molecule has 2 aromatic rings. The van der Waals surface area contributed by atoms with Gasteiger partial charge in [-0.05, 0) is 25.1 Å². The van der Waals surface area contributed by atoms with Gasteiger partial charge in [0.05, 0.1) is 5.56 Å². The third-order valence-corrected chi connectivity index (χ3v) is 2.61. The zero-order valence-electron chi connectivity index (χ0n) is 10.5. The van der Waals surface area contributed by atoms with Crippen molar-refractivity contribution in [3.63, 3.8) is 0 Å². The average Bonchev–Trinajstić information content (AvgIpc) is 2.37. The highest BCUT2D eigenvalue weighted by Crippen LogP contribution is 2.18. The van der Waals surface area contributed by atoms with Crippen molar-refractivity contribution < 1.29 is 9.13 Å². The number of ether oxygens (including phenoxy) is 1. The van der Waals surface area contributed by atoms with Crippen LogP contribution in [0.15, 0.2) is 36.4 Å². The molecule has 1 heterocycles. The summed E-state index contributed by atoms with van der Waals surface area (Å²) < 4.78 is 18.9. The van der Waals surface area contributed by atoms with Crippen LogP contribution in [0.1, 0.15) is 16.8 Å². The molecule has 0 aliphatic carbocycles. The fourth-order valence-electron chi connectivity index (χ4n) is 1.61. The van der Waals surface area contributed by atoms with E-state index in [4.69, 9.17) is 15.9 Å². The molecule has 0 spiro atoms. The Labute approximate surface area is 110 Å². The monoisotopic (exact) mass is 259 g/mol. The van der Waals surface area contributed by atoms with Crippen LogP contribution in [0.4, 0.5) is 4.39 Å². The number of nitrogens with two attached hydrogens (primary N) is 1. The van der Waals surface area contributed by atoms with Gasteiger partial charge in [-0.3, -0.25) is 5.41 Å². The number of benzene rings is 1. The van der Waals surface area contributed by atoms with Gasteiger partial charge < -0.3 is 10.5 Å². The molecule has 1 aromatic carbocycles. The summed E-state index contributed by atoms with van der Waals surface area (Å²) in [7, 11) is 0. The standard InChI is InChI=1S/C14H14FN3O/c1-9-6-7-11(13(16)17)14(18-9)19-8-10-4-2-3-5-12(10)15/h2-7H,8H2,1H3,(H3,16,17). The molecule has 3 N–H and O–H groups in total. The fourth-order valence-corrected chi connectivity index (χ4v) is 1.61. The second kappa shape index (κ2) is 5.48. The second-order valence-electron chi connectivity index (χ2n) is 4.10. The zero-order chi connectivity index (χ0) is 13.8. The maximum atomic E-state index is 13.5. The smallest absolute Gasteiger partial charge is 0.225 e. The summed E-state index contributed by atoms with van der Waals surface area (Å²) >= 11 is 0. The summed E-state index contributed by atoms with van der Waals surface area (Å²) in [4.78, 5) is 4.17. The Bertz CT molecular complexity index is 613. The largest absolute Gasteiger partial charge is 0.472 e. The van der Waals surface area contributed by atoms with Crippen LogP contribution in [-0.4, -0.2) is 10.8 Å². The van der Waals surface area contributed by atoms with Crippen LogP contribution >= 0.6 is 0 Å².